The van der Waals surface area contributed by atoms with Crippen LogP contribution in [0.25, 0.3) is 6.08 Å². The van der Waals surface area contributed by atoms with Gasteiger partial charge in [0.15, 0.2) is 0 Å². The fourth-order valence-electron chi connectivity index (χ4n) is 1.37. The molecular weight excluding hydrogens is 330 g/mol. The molecule has 2 aromatic rings. The smallest absolute Gasteiger partial charge is 0.328 e. The third kappa shape index (κ3) is 4.18. The van der Waals surface area contributed by atoms with Crippen LogP contribution in [0.15, 0.2) is 40.3 Å². The largest absolute Gasteiger partial charge is 0.485 e. The van der Waals surface area contributed by atoms with Gasteiger partial charge < -0.3 is 9.84 Å². The number of thiazole rings is 1. The highest BCUT2D eigenvalue weighted by atomic mass is 79.9. The van der Waals surface area contributed by atoms with E-state index in [0.29, 0.717) is 12.4 Å². The number of aromatic nitrogens is 1. The zero-order valence-electron chi connectivity index (χ0n) is 9.75. The summed E-state index contributed by atoms with van der Waals surface area (Å²) in [5.74, 6) is -0.275. The molecule has 1 aromatic carbocycles. The maximum absolute atomic E-state index is 10.4. The van der Waals surface area contributed by atoms with E-state index in [1.807, 2.05) is 5.38 Å². The molecule has 0 unspecified atom stereocenters. The molecule has 0 aliphatic heterocycles. The topological polar surface area (TPSA) is 59.4 Å². The minimum Gasteiger partial charge on any atom is -0.485 e. The lowest BCUT2D eigenvalue weighted by molar-refractivity contribution is -0.131. The molecule has 0 radical (unpaired) electrons. The van der Waals surface area contributed by atoms with Gasteiger partial charge in [-0.3, -0.25) is 0 Å². The van der Waals surface area contributed by atoms with Crippen LogP contribution in [0.1, 0.15) is 10.6 Å². The van der Waals surface area contributed by atoms with Crippen molar-refractivity contribution in [3.05, 3.63) is 50.9 Å². The zero-order valence-corrected chi connectivity index (χ0v) is 12.1. The number of nitrogens with zero attached hydrogens (tertiary/aromatic N) is 1. The second kappa shape index (κ2) is 6.49. The molecular formula is C13H10BrNO3S. The lowest BCUT2D eigenvalue weighted by Crippen LogP contribution is -1.95. The van der Waals surface area contributed by atoms with Gasteiger partial charge in [-0.25, -0.2) is 9.78 Å². The van der Waals surface area contributed by atoms with Crippen molar-refractivity contribution in [1.82, 2.24) is 4.98 Å². The van der Waals surface area contributed by atoms with E-state index in [2.05, 4.69) is 20.9 Å². The summed E-state index contributed by atoms with van der Waals surface area (Å²) >= 11 is 4.93. The minimum atomic E-state index is -0.972. The van der Waals surface area contributed by atoms with E-state index in [0.717, 1.165) is 21.1 Å². The van der Waals surface area contributed by atoms with E-state index < -0.39 is 5.97 Å². The molecule has 98 valence electrons. The van der Waals surface area contributed by atoms with Gasteiger partial charge in [-0.15, -0.1) is 11.3 Å². The molecule has 6 heteroatoms. The van der Waals surface area contributed by atoms with E-state index in [9.17, 15) is 4.79 Å². The average Bonchev–Trinajstić information content (AvgIpc) is 2.88. The Morgan fingerprint density at radius 2 is 2.37 bits per heavy atom. The molecule has 1 N–H and O–H groups in total. The molecule has 19 heavy (non-hydrogen) atoms. The molecule has 0 spiro atoms. The number of carboxylic acids is 1. The zero-order chi connectivity index (χ0) is 13.7. The van der Waals surface area contributed by atoms with E-state index in [1.165, 1.54) is 17.4 Å². The van der Waals surface area contributed by atoms with Gasteiger partial charge in [-0.1, -0.05) is 6.07 Å². The Morgan fingerprint density at radius 1 is 1.53 bits per heavy atom. The molecule has 0 atom stereocenters. The Hall–Kier alpha value is -1.66. The summed E-state index contributed by atoms with van der Waals surface area (Å²) < 4.78 is 6.40. The van der Waals surface area contributed by atoms with Crippen LogP contribution in [0.4, 0.5) is 0 Å². The highest BCUT2D eigenvalue weighted by molar-refractivity contribution is 9.10. The summed E-state index contributed by atoms with van der Waals surface area (Å²) in [6, 6.07) is 5.39. The maximum Gasteiger partial charge on any atom is 0.328 e. The van der Waals surface area contributed by atoms with Crippen LogP contribution in [0.2, 0.25) is 0 Å². The Morgan fingerprint density at radius 3 is 3.00 bits per heavy atom. The first-order chi connectivity index (χ1) is 9.15. The van der Waals surface area contributed by atoms with Gasteiger partial charge in [0.25, 0.3) is 0 Å². The molecule has 0 saturated heterocycles. The first kappa shape index (κ1) is 13.8. The van der Waals surface area contributed by atoms with Gasteiger partial charge in [-0.05, 0) is 39.7 Å². The van der Waals surface area contributed by atoms with Crippen LogP contribution >= 0.6 is 27.3 Å². The molecule has 0 aliphatic rings. The quantitative estimate of drug-likeness (QED) is 0.845. The Balaban J connectivity index is 2.04. The first-order valence-corrected chi connectivity index (χ1v) is 7.04. The first-order valence-electron chi connectivity index (χ1n) is 5.37. The summed E-state index contributed by atoms with van der Waals surface area (Å²) in [4.78, 5) is 14.6. The number of carboxylic acid groups (broad SMARTS) is 1. The fourth-order valence-corrected chi connectivity index (χ4v) is 2.41. The summed E-state index contributed by atoms with van der Waals surface area (Å²) in [5.41, 5.74) is 0.788. The predicted molar refractivity (Wildman–Crippen MR) is 77.3 cm³/mol. The second-order valence-electron chi connectivity index (χ2n) is 3.58. The average molecular weight is 340 g/mol. The number of hydrogen-bond acceptors (Lipinski definition) is 4. The van der Waals surface area contributed by atoms with Crippen LogP contribution < -0.4 is 4.74 Å². The fraction of sp³-hybridized carbons (Fsp3) is 0.0769. The Kier molecular flexibility index (Phi) is 4.70. The molecule has 4 nitrogen and oxygen atoms in total. The molecule has 0 aliphatic carbocycles. The van der Waals surface area contributed by atoms with Crippen molar-refractivity contribution in [3.8, 4) is 5.75 Å². The molecule has 0 saturated carbocycles. The van der Waals surface area contributed by atoms with Crippen LogP contribution in [-0.2, 0) is 11.4 Å². The van der Waals surface area contributed by atoms with Gasteiger partial charge in [0, 0.05) is 17.7 Å². The van der Waals surface area contributed by atoms with Crippen molar-refractivity contribution < 1.29 is 14.6 Å². The molecule has 0 fully saturated rings. The number of aliphatic carboxylic acids is 1. The van der Waals surface area contributed by atoms with Crippen molar-refractivity contribution in [2.24, 2.45) is 0 Å². The molecule has 2 rings (SSSR count). The predicted octanol–water partition coefficient (Wildman–Crippen LogP) is 3.58. The van der Waals surface area contributed by atoms with Crippen molar-refractivity contribution in [2.75, 3.05) is 0 Å². The number of ether oxygens (including phenoxy) is 1. The van der Waals surface area contributed by atoms with Crippen LogP contribution in [0.3, 0.4) is 0 Å². The molecule has 1 heterocycles. The second-order valence-corrected chi connectivity index (χ2v) is 5.41. The van der Waals surface area contributed by atoms with Crippen molar-refractivity contribution in [3.63, 3.8) is 0 Å². The Labute approximate surface area is 122 Å². The molecule has 0 amide bonds. The van der Waals surface area contributed by atoms with E-state index in [4.69, 9.17) is 9.84 Å². The number of benzene rings is 1. The molecule has 0 bridgehead atoms. The van der Waals surface area contributed by atoms with Gasteiger partial charge in [-0.2, -0.15) is 0 Å². The lowest BCUT2D eigenvalue weighted by atomic mass is 10.2. The van der Waals surface area contributed by atoms with Gasteiger partial charge in [0.1, 0.15) is 17.4 Å². The maximum atomic E-state index is 10.4. The van der Waals surface area contributed by atoms with Crippen molar-refractivity contribution in [1.29, 1.82) is 0 Å². The standard InChI is InChI=1S/C13H10BrNO3S/c14-10-7-9(2-4-13(16)17)1-3-11(10)18-8-12-15-5-6-19-12/h1-7H,8H2,(H,16,17). The van der Waals surface area contributed by atoms with E-state index in [-0.39, 0.29) is 0 Å². The van der Waals surface area contributed by atoms with Gasteiger partial charge >= 0.3 is 5.97 Å². The minimum absolute atomic E-state index is 0.417. The monoisotopic (exact) mass is 339 g/mol. The SMILES string of the molecule is O=C(O)C=Cc1ccc(OCc2nccs2)c(Br)c1. The number of carbonyl (C=O) groups is 1. The summed E-state index contributed by atoms with van der Waals surface area (Å²) in [7, 11) is 0. The highest BCUT2D eigenvalue weighted by Gasteiger charge is 2.03. The summed E-state index contributed by atoms with van der Waals surface area (Å²) in [6.45, 7) is 0.417. The van der Waals surface area contributed by atoms with Gasteiger partial charge in [0.2, 0.25) is 0 Å². The Bertz CT molecular complexity index is 596. The normalized spacial score (nSPS) is 10.8. The van der Waals surface area contributed by atoms with Crippen LogP contribution in [0, 0.1) is 0 Å². The number of hydrogen-bond donors (Lipinski definition) is 1. The number of rotatable bonds is 5. The summed E-state index contributed by atoms with van der Waals surface area (Å²) in [6.07, 6.45) is 4.35. The molecule has 1 aromatic heterocycles. The third-order valence-electron chi connectivity index (χ3n) is 2.21. The van der Waals surface area contributed by atoms with Crippen molar-refractivity contribution in [2.45, 2.75) is 6.61 Å². The van der Waals surface area contributed by atoms with Crippen molar-refractivity contribution >= 4 is 39.3 Å². The van der Waals surface area contributed by atoms with E-state index in [1.54, 1.807) is 24.4 Å². The lowest BCUT2D eigenvalue weighted by Gasteiger charge is -2.07. The van der Waals surface area contributed by atoms with Gasteiger partial charge in [0.05, 0.1) is 4.47 Å². The highest BCUT2D eigenvalue weighted by Crippen LogP contribution is 2.27. The van der Waals surface area contributed by atoms with E-state index >= 15 is 0 Å². The third-order valence-corrected chi connectivity index (χ3v) is 3.58. The number of halogens is 1. The summed E-state index contributed by atoms with van der Waals surface area (Å²) in [5, 5.41) is 11.4. The van der Waals surface area contributed by atoms with Crippen LogP contribution in [-0.4, -0.2) is 16.1 Å². The van der Waals surface area contributed by atoms with Crippen LogP contribution in [0.5, 0.6) is 5.75 Å².